The first-order valence-electron chi connectivity index (χ1n) is 6.54. The molecule has 1 unspecified atom stereocenters. The van der Waals surface area contributed by atoms with Crippen LogP contribution in [0.15, 0.2) is 24.3 Å². The first-order valence-corrected chi connectivity index (χ1v) is 6.54. The highest BCUT2D eigenvalue weighted by molar-refractivity contribution is 5.94. The van der Waals surface area contributed by atoms with E-state index >= 15 is 0 Å². The van der Waals surface area contributed by atoms with Gasteiger partial charge in [-0.05, 0) is 31.0 Å². The molecule has 4 heteroatoms. The molecule has 0 aromatic heterocycles. The number of nitrogens with zero attached hydrogens (tertiary/aromatic N) is 1. The summed E-state index contributed by atoms with van der Waals surface area (Å²) in [6.45, 7) is 2.49. The van der Waals surface area contributed by atoms with Gasteiger partial charge in [-0.15, -0.1) is 0 Å². The van der Waals surface area contributed by atoms with Crippen LogP contribution in [0.1, 0.15) is 35.2 Å². The zero-order valence-corrected chi connectivity index (χ0v) is 10.6. The zero-order valence-electron chi connectivity index (χ0n) is 10.6. The van der Waals surface area contributed by atoms with Gasteiger partial charge in [-0.3, -0.25) is 9.69 Å². The van der Waals surface area contributed by atoms with E-state index in [0.29, 0.717) is 18.2 Å². The van der Waals surface area contributed by atoms with Gasteiger partial charge in [-0.25, -0.2) is 0 Å². The minimum absolute atomic E-state index is 0.355. The lowest BCUT2D eigenvalue weighted by molar-refractivity contribution is 0.0995. The average Bonchev–Trinajstić information content (AvgIpc) is 2.40. The number of primary amides is 1. The van der Waals surface area contributed by atoms with E-state index < -0.39 is 0 Å². The van der Waals surface area contributed by atoms with Gasteiger partial charge in [0.05, 0.1) is 0 Å². The number of hydrogen-bond donors (Lipinski definition) is 2. The van der Waals surface area contributed by atoms with E-state index in [9.17, 15) is 4.79 Å². The summed E-state index contributed by atoms with van der Waals surface area (Å²) in [6.07, 6.45) is 3.60. The summed E-state index contributed by atoms with van der Waals surface area (Å²) >= 11 is 0. The maximum Gasteiger partial charge on any atom is 0.249 e. The minimum Gasteiger partial charge on any atom is -0.366 e. The Hall–Kier alpha value is -1.39. The lowest BCUT2D eigenvalue weighted by Gasteiger charge is -2.35. The van der Waals surface area contributed by atoms with Crippen molar-refractivity contribution in [1.82, 2.24) is 4.90 Å². The van der Waals surface area contributed by atoms with E-state index in [-0.39, 0.29) is 5.91 Å². The average molecular weight is 247 g/mol. The lowest BCUT2D eigenvalue weighted by atomic mass is 9.99. The van der Waals surface area contributed by atoms with E-state index in [1.807, 2.05) is 18.2 Å². The van der Waals surface area contributed by atoms with E-state index in [1.54, 1.807) is 6.07 Å². The number of carbonyl (C=O) groups is 1. The highest BCUT2D eigenvalue weighted by Crippen LogP contribution is 2.20. The van der Waals surface area contributed by atoms with Crippen molar-refractivity contribution in [1.29, 1.82) is 0 Å². The Morgan fingerprint density at radius 2 is 2.11 bits per heavy atom. The Balaban J connectivity index is 2.15. The zero-order chi connectivity index (χ0) is 13.0. The molecule has 0 aliphatic carbocycles. The van der Waals surface area contributed by atoms with Gasteiger partial charge in [0.25, 0.3) is 0 Å². The Morgan fingerprint density at radius 1 is 1.33 bits per heavy atom. The molecule has 0 spiro atoms. The molecule has 1 saturated heterocycles. The summed E-state index contributed by atoms with van der Waals surface area (Å²) in [5, 5.41) is 0. The number of carbonyl (C=O) groups excluding carboxylic acids is 1. The van der Waals surface area contributed by atoms with Gasteiger partial charge in [0.1, 0.15) is 0 Å². The van der Waals surface area contributed by atoms with Crippen LogP contribution in [0.25, 0.3) is 0 Å². The fraction of sp³-hybridized carbons (Fsp3) is 0.500. The van der Waals surface area contributed by atoms with Crippen LogP contribution in [-0.4, -0.2) is 29.9 Å². The maximum atomic E-state index is 11.4. The molecule has 0 radical (unpaired) electrons. The number of likely N-dealkylation sites (tertiary alicyclic amines) is 1. The number of benzene rings is 1. The molecule has 18 heavy (non-hydrogen) atoms. The standard InChI is InChI=1S/C14H21N3O/c15-9-12-6-3-4-8-17(12)10-11-5-1-2-7-13(11)14(16)18/h1-2,5,7,12H,3-4,6,8-10,15H2,(H2,16,18). The summed E-state index contributed by atoms with van der Waals surface area (Å²) in [6, 6.07) is 7.99. The molecule has 0 saturated carbocycles. The SMILES string of the molecule is NCC1CCCCN1Cc1ccccc1C(N)=O. The van der Waals surface area contributed by atoms with Crippen molar-refractivity contribution in [2.75, 3.05) is 13.1 Å². The topological polar surface area (TPSA) is 72.3 Å². The summed E-state index contributed by atoms with van der Waals surface area (Å²) in [5.74, 6) is -0.355. The van der Waals surface area contributed by atoms with Crippen molar-refractivity contribution in [2.45, 2.75) is 31.8 Å². The Kier molecular flexibility index (Phi) is 4.33. The van der Waals surface area contributed by atoms with E-state index in [2.05, 4.69) is 4.90 Å². The molecule has 1 aliphatic rings. The molecule has 4 nitrogen and oxygen atoms in total. The fourth-order valence-electron chi connectivity index (χ4n) is 2.65. The second-order valence-corrected chi connectivity index (χ2v) is 4.88. The second kappa shape index (κ2) is 5.98. The molecule has 1 amide bonds. The molecule has 1 aromatic rings. The lowest BCUT2D eigenvalue weighted by Crippen LogP contribution is -2.43. The summed E-state index contributed by atoms with van der Waals surface area (Å²) in [7, 11) is 0. The third-order valence-corrected chi connectivity index (χ3v) is 3.68. The van der Waals surface area contributed by atoms with Crippen LogP contribution in [0, 0.1) is 0 Å². The van der Waals surface area contributed by atoms with E-state index in [1.165, 1.54) is 12.8 Å². The maximum absolute atomic E-state index is 11.4. The van der Waals surface area contributed by atoms with Crippen LogP contribution in [-0.2, 0) is 6.54 Å². The second-order valence-electron chi connectivity index (χ2n) is 4.88. The quantitative estimate of drug-likeness (QED) is 0.837. The Labute approximate surface area is 108 Å². The molecular formula is C14H21N3O. The highest BCUT2D eigenvalue weighted by Gasteiger charge is 2.22. The molecule has 4 N–H and O–H groups in total. The van der Waals surface area contributed by atoms with Crippen molar-refractivity contribution >= 4 is 5.91 Å². The van der Waals surface area contributed by atoms with Crippen molar-refractivity contribution in [3.8, 4) is 0 Å². The molecular weight excluding hydrogens is 226 g/mol. The van der Waals surface area contributed by atoms with Crippen molar-refractivity contribution in [3.63, 3.8) is 0 Å². The first kappa shape index (κ1) is 13.1. The van der Waals surface area contributed by atoms with Crippen LogP contribution >= 0.6 is 0 Å². The van der Waals surface area contributed by atoms with Gasteiger partial charge in [0, 0.05) is 24.7 Å². The summed E-state index contributed by atoms with van der Waals surface area (Å²) in [5.41, 5.74) is 12.8. The third-order valence-electron chi connectivity index (χ3n) is 3.68. The van der Waals surface area contributed by atoms with Crippen LogP contribution in [0.5, 0.6) is 0 Å². The normalized spacial score (nSPS) is 20.8. The monoisotopic (exact) mass is 247 g/mol. The molecule has 1 aromatic carbocycles. The van der Waals surface area contributed by atoms with Crippen LogP contribution in [0.3, 0.4) is 0 Å². The van der Waals surface area contributed by atoms with Crippen LogP contribution < -0.4 is 11.5 Å². The van der Waals surface area contributed by atoms with Gasteiger partial charge in [-0.1, -0.05) is 24.6 Å². The highest BCUT2D eigenvalue weighted by atomic mass is 16.1. The predicted molar refractivity (Wildman–Crippen MR) is 72.1 cm³/mol. The number of hydrogen-bond acceptors (Lipinski definition) is 3. The molecule has 1 fully saturated rings. The first-order chi connectivity index (χ1) is 8.72. The largest absolute Gasteiger partial charge is 0.366 e. The molecule has 0 bridgehead atoms. The number of nitrogens with two attached hydrogens (primary N) is 2. The van der Waals surface area contributed by atoms with Gasteiger partial charge in [0.2, 0.25) is 5.91 Å². The van der Waals surface area contributed by atoms with Crippen molar-refractivity contribution < 1.29 is 4.79 Å². The molecule has 2 rings (SSSR count). The third kappa shape index (κ3) is 2.89. The Morgan fingerprint density at radius 3 is 2.83 bits per heavy atom. The smallest absolute Gasteiger partial charge is 0.249 e. The summed E-state index contributed by atoms with van der Waals surface area (Å²) in [4.78, 5) is 13.8. The predicted octanol–water partition coefficient (Wildman–Crippen LogP) is 1.10. The van der Waals surface area contributed by atoms with Crippen LogP contribution in [0.4, 0.5) is 0 Å². The molecule has 1 heterocycles. The van der Waals surface area contributed by atoms with E-state index in [4.69, 9.17) is 11.5 Å². The van der Waals surface area contributed by atoms with Gasteiger partial charge >= 0.3 is 0 Å². The fourth-order valence-corrected chi connectivity index (χ4v) is 2.65. The van der Waals surface area contributed by atoms with Gasteiger partial charge < -0.3 is 11.5 Å². The molecule has 98 valence electrons. The molecule has 1 aliphatic heterocycles. The Bertz CT molecular complexity index is 419. The van der Waals surface area contributed by atoms with Crippen molar-refractivity contribution in [3.05, 3.63) is 35.4 Å². The van der Waals surface area contributed by atoms with Gasteiger partial charge in [-0.2, -0.15) is 0 Å². The van der Waals surface area contributed by atoms with Crippen LogP contribution in [0.2, 0.25) is 0 Å². The summed E-state index contributed by atoms with van der Waals surface area (Å²) < 4.78 is 0. The van der Waals surface area contributed by atoms with Gasteiger partial charge in [0.15, 0.2) is 0 Å². The molecule has 1 atom stereocenters. The minimum atomic E-state index is -0.355. The number of piperidine rings is 1. The number of amides is 1. The van der Waals surface area contributed by atoms with E-state index in [0.717, 1.165) is 25.1 Å². The van der Waals surface area contributed by atoms with Crippen molar-refractivity contribution in [2.24, 2.45) is 11.5 Å². The number of rotatable bonds is 4.